The highest BCUT2D eigenvalue weighted by molar-refractivity contribution is 5.87. The molecular weight excluding hydrogens is 408 g/mol. The minimum absolute atomic E-state index is 0.0280. The van der Waals surface area contributed by atoms with Crippen LogP contribution in [0, 0.1) is 5.92 Å². The van der Waals surface area contributed by atoms with Gasteiger partial charge in [-0.2, -0.15) is 0 Å². The van der Waals surface area contributed by atoms with Crippen LogP contribution in [-0.4, -0.2) is 41.3 Å². The van der Waals surface area contributed by atoms with Crippen molar-refractivity contribution in [2.45, 2.75) is 50.6 Å². The molecule has 0 radical (unpaired) electrons. The van der Waals surface area contributed by atoms with Gasteiger partial charge in [0.25, 0.3) is 0 Å². The number of hydrogen-bond acceptors (Lipinski definition) is 4. The fourth-order valence-corrected chi connectivity index (χ4v) is 4.50. The number of carbonyl (C=O) groups excluding carboxylic acids is 2. The fourth-order valence-electron chi connectivity index (χ4n) is 4.50. The Morgan fingerprint density at radius 3 is 2.16 bits per heavy atom. The number of ether oxygens (including phenoxy) is 1. The van der Waals surface area contributed by atoms with Gasteiger partial charge in [-0.15, -0.1) is 0 Å². The number of aliphatic carboxylic acids is 1. The molecule has 0 heterocycles. The van der Waals surface area contributed by atoms with Crippen LogP contribution in [0.15, 0.2) is 48.5 Å². The predicted octanol–water partition coefficient (Wildman–Crippen LogP) is 3.67. The van der Waals surface area contributed by atoms with Gasteiger partial charge in [0.1, 0.15) is 12.1 Å². The second-order valence-electron chi connectivity index (χ2n) is 8.91. The molecule has 7 nitrogen and oxygen atoms in total. The van der Waals surface area contributed by atoms with Gasteiger partial charge < -0.3 is 20.5 Å². The first-order valence-corrected chi connectivity index (χ1v) is 11.0. The van der Waals surface area contributed by atoms with Gasteiger partial charge in [0.05, 0.1) is 0 Å². The van der Waals surface area contributed by atoms with Crippen LogP contribution in [0.5, 0.6) is 0 Å². The average Bonchev–Trinajstić information content (AvgIpc) is 3.56. The Hall–Kier alpha value is -3.35. The molecule has 1 saturated carbocycles. The smallest absolute Gasteiger partial charge is 0.407 e. The van der Waals surface area contributed by atoms with Gasteiger partial charge in [-0.1, -0.05) is 48.5 Å². The Bertz CT molecular complexity index is 1000. The predicted molar refractivity (Wildman–Crippen MR) is 119 cm³/mol. The van der Waals surface area contributed by atoms with E-state index >= 15 is 0 Å². The maximum atomic E-state index is 12.4. The van der Waals surface area contributed by atoms with Crippen LogP contribution in [0.3, 0.4) is 0 Å². The molecule has 32 heavy (non-hydrogen) atoms. The standard InChI is InChI=1S/C25H28N2O5/c1-15(13-22(28)27-25(2,23(29)30)16-11-12-16)26-24(31)32-14-21-19-9-5-3-7-17(19)18-8-4-6-10-20(18)21/h3-10,15-16,21H,11-14H2,1-2H3,(H,26,31)(H,27,28)(H,29,30)/t15-,25?/m0/s1. The van der Waals surface area contributed by atoms with Crippen LogP contribution >= 0.6 is 0 Å². The minimum atomic E-state index is -1.26. The summed E-state index contributed by atoms with van der Waals surface area (Å²) in [5, 5.41) is 14.8. The Kier molecular flexibility index (Phi) is 5.91. The van der Waals surface area contributed by atoms with Gasteiger partial charge in [-0.3, -0.25) is 4.79 Å². The molecule has 2 amide bonds. The van der Waals surface area contributed by atoms with Gasteiger partial charge in [-0.25, -0.2) is 9.59 Å². The van der Waals surface area contributed by atoms with Crippen LogP contribution in [0.4, 0.5) is 4.79 Å². The summed E-state index contributed by atoms with van der Waals surface area (Å²) < 4.78 is 5.50. The van der Waals surface area contributed by atoms with Crippen molar-refractivity contribution in [1.82, 2.24) is 10.6 Å². The molecule has 2 aliphatic rings. The minimum Gasteiger partial charge on any atom is -0.480 e. The highest BCUT2D eigenvalue weighted by Crippen LogP contribution is 2.44. The van der Waals surface area contributed by atoms with Crippen LogP contribution in [0.2, 0.25) is 0 Å². The highest BCUT2D eigenvalue weighted by Gasteiger charge is 2.48. The van der Waals surface area contributed by atoms with E-state index in [-0.39, 0.29) is 24.9 Å². The summed E-state index contributed by atoms with van der Waals surface area (Å²) in [5.41, 5.74) is 3.29. The lowest BCUT2D eigenvalue weighted by molar-refractivity contribution is -0.148. The summed E-state index contributed by atoms with van der Waals surface area (Å²) in [6.07, 6.45) is 0.947. The molecule has 1 fully saturated rings. The topological polar surface area (TPSA) is 105 Å². The number of nitrogens with one attached hydrogen (secondary N) is 2. The van der Waals surface area contributed by atoms with Crippen LogP contribution in [0.25, 0.3) is 11.1 Å². The van der Waals surface area contributed by atoms with Crippen LogP contribution < -0.4 is 10.6 Å². The number of amides is 2. The average molecular weight is 437 g/mol. The number of carboxylic acids is 1. The van der Waals surface area contributed by atoms with Gasteiger partial charge in [-0.05, 0) is 54.9 Å². The van der Waals surface area contributed by atoms with E-state index in [2.05, 4.69) is 22.8 Å². The maximum absolute atomic E-state index is 12.4. The highest BCUT2D eigenvalue weighted by atomic mass is 16.5. The van der Waals surface area contributed by atoms with E-state index < -0.39 is 29.6 Å². The first-order chi connectivity index (χ1) is 15.3. The third kappa shape index (κ3) is 4.33. The molecular formula is C25H28N2O5. The number of rotatable bonds is 8. The van der Waals surface area contributed by atoms with Crippen molar-refractivity contribution >= 4 is 18.0 Å². The van der Waals surface area contributed by atoms with Crippen molar-refractivity contribution < 1.29 is 24.2 Å². The maximum Gasteiger partial charge on any atom is 0.407 e. The molecule has 1 unspecified atom stereocenters. The summed E-state index contributed by atoms with van der Waals surface area (Å²) >= 11 is 0. The van der Waals surface area contributed by atoms with Crippen molar-refractivity contribution in [3.8, 4) is 11.1 Å². The number of carboxylic acid groups (broad SMARTS) is 1. The van der Waals surface area contributed by atoms with Crippen LogP contribution in [-0.2, 0) is 14.3 Å². The normalized spacial score (nSPS) is 17.4. The first-order valence-electron chi connectivity index (χ1n) is 11.0. The second kappa shape index (κ2) is 8.65. The molecule has 0 aromatic heterocycles. The van der Waals surface area contributed by atoms with Crippen molar-refractivity contribution in [3.05, 3.63) is 59.7 Å². The molecule has 168 valence electrons. The zero-order valence-corrected chi connectivity index (χ0v) is 18.3. The molecule has 2 aromatic carbocycles. The largest absolute Gasteiger partial charge is 0.480 e. The molecule has 7 heteroatoms. The Labute approximate surface area is 187 Å². The Balaban J connectivity index is 1.31. The lowest BCUT2D eigenvalue weighted by atomic mass is 9.95. The summed E-state index contributed by atoms with van der Waals surface area (Å²) in [6, 6.07) is 15.7. The zero-order chi connectivity index (χ0) is 22.9. The third-order valence-corrected chi connectivity index (χ3v) is 6.44. The van der Waals surface area contributed by atoms with E-state index in [1.807, 2.05) is 36.4 Å². The van der Waals surface area contributed by atoms with E-state index in [0.29, 0.717) is 0 Å². The van der Waals surface area contributed by atoms with E-state index in [0.717, 1.165) is 35.1 Å². The second-order valence-corrected chi connectivity index (χ2v) is 8.91. The van der Waals surface area contributed by atoms with Gasteiger partial charge >= 0.3 is 12.1 Å². The molecule has 4 rings (SSSR count). The number of carbonyl (C=O) groups is 3. The molecule has 0 bridgehead atoms. The van der Waals surface area contributed by atoms with Crippen molar-refractivity contribution in [2.75, 3.05) is 6.61 Å². The van der Waals surface area contributed by atoms with E-state index in [1.165, 1.54) is 6.92 Å². The fraction of sp³-hybridized carbons (Fsp3) is 0.400. The number of benzene rings is 2. The SMILES string of the molecule is C[C@@H](CC(=O)NC(C)(C(=O)O)C1CC1)NC(=O)OCC1c2ccccc2-c2ccccc21. The summed E-state index contributed by atoms with van der Waals surface area (Å²) in [5.74, 6) is -1.53. The van der Waals surface area contributed by atoms with Gasteiger partial charge in [0, 0.05) is 18.4 Å². The lowest BCUT2D eigenvalue weighted by Crippen LogP contribution is -2.55. The quantitative estimate of drug-likeness (QED) is 0.586. The molecule has 0 spiro atoms. The number of fused-ring (bicyclic) bond motifs is 3. The van der Waals surface area contributed by atoms with Crippen LogP contribution in [0.1, 0.15) is 50.2 Å². The van der Waals surface area contributed by atoms with Crippen molar-refractivity contribution in [1.29, 1.82) is 0 Å². The molecule has 0 aliphatic heterocycles. The van der Waals surface area contributed by atoms with E-state index in [9.17, 15) is 19.5 Å². The van der Waals surface area contributed by atoms with Gasteiger partial charge in [0.15, 0.2) is 0 Å². The summed E-state index contributed by atoms with van der Waals surface area (Å²) in [7, 11) is 0. The van der Waals surface area contributed by atoms with Crippen molar-refractivity contribution in [2.24, 2.45) is 5.92 Å². The zero-order valence-electron chi connectivity index (χ0n) is 18.3. The van der Waals surface area contributed by atoms with E-state index in [4.69, 9.17) is 4.74 Å². The molecule has 0 saturated heterocycles. The molecule has 2 aliphatic carbocycles. The lowest BCUT2D eigenvalue weighted by Gasteiger charge is -2.27. The first kappa shape index (κ1) is 21.9. The number of hydrogen-bond donors (Lipinski definition) is 3. The van der Waals surface area contributed by atoms with Crippen molar-refractivity contribution in [3.63, 3.8) is 0 Å². The van der Waals surface area contributed by atoms with E-state index in [1.54, 1.807) is 6.92 Å². The monoisotopic (exact) mass is 436 g/mol. The molecule has 2 aromatic rings. The number of alkyl carbamates (subject to hydrolysis) is 1. The third-order valence-electron chi connectivity index (χ3n) is 6.44. The molecule has 3 N–H and O–H groups in total. The Morgan fingerprint density at radius 2 is 1.62 bits per heavy atom. The summed E-state index contributed by atoms with van der Waals surface area (Å²) in [6.45, 7) is 3.42. The Morgan fingerprint density at radius 1 is 1.06 bits per heavy atom. The molecule has 2 atom stereocenters. The van der Waals surface area contributed by atoms with Gasteiger partial charge in [0.2, 0.25) is 5.91 Å². The summed E-state index contributed by atoms with van der Waals surface area (Å²) in [4.78, 5) is 36.3.